The maximum absolute atomic E-state index is 10.2. The molecular formula is C6H11NO3. The van der Waals surface area contributed by atoms with Crippen molar-refractivity contribution < 1.29 is 14.3 Å². The smallest absolute Gasteiger partial charge is 0.302 e. The van der Waals surface area contributed by atoms with Crippen LogP contribution in [-0.4, -0.2) is 24.9 Å². The van der Waals surface area contributed by atoms with Crippen molar-refractivity contribution in [3.63, 3.8) is 0 Å². The minimum absolute atomic E-state index is 0.119. The fourth-order valence-electron chi connectivity index (χ4n) is 0.416. The van der Waals surface area contributed by atoms with Crippen LogP contribution in [0, 0.1) is 0 Å². The van der Waals surface area contributed by atoms with Crippen molar-refractivity contribution in [1.82, 2.24) is 0 Å². The highest BCUT2D eigenvalue weighted by Gasteiger charge is 2.02. The Hall–Kier alpha value is -0.900. The number of carbonyl (C=O) groups is 2. The van der Waals surface area contributed by atoms with Crippen LogP contribution in [0.5, 0.6) is 0 Å². The van der Waals surface area contributed by atoms with Crippen LogP contribution in [-0.2, 0) is 14.3 Å². The molecule has 0 heterocycles. The molecule has 0 aliphatic heterocycles. The molecule has 0 aromatic rings. The molecule has 0 saturated heterocycles. The number of rotatable bonds is 4. The first-order valence-electron chi connectivity index (χ1n) is 2.99. The largest absolute Gasteiger partial charge is 0.464 e. The average molecular weight is 145 g/mol. The van der Waals surface area contributed by atoms with E-state index < -0.39 is 0 Å². The van der Waals surface area contributed by atoms with Gasteiger partial charge in [-0.1, -0.05) is 0 Å². The van der Waals surface area contributed by atoms with Crippen LogP contribution in [0.4, 0.5) is 0 Å². The number of ether oxygens (including phenoxy) is 1. The second-order valence-corrected chi connectivity index (χ2v) is 1.97. The molecule has 0 amide bonds. The van der Waals surface area contributed by atoms with Crippen LogP contribution in [0.15, 0.2) is 0 Å². The fourth-order valence-corrected chi connectivity index (χ4v) is 0.416. The monoisotopic (exact) mass is 145 g/mol. The van der Waals surface area contributed by atoms with E-state index >= 15 is 0 Å². The summed E-state index contributed by atoms with van der Waals surface area (Å²) in [5.74, 6) is -0.374. The Morgan fingerprint density at radius 1 is 1.80 bits per heavy atom. The molecular weight excluding hydrogens is 134 g/mol. The quantitative estimate of drug-likeness (QED) is 0.426. The summed E-state index contributed by atoms with van der Waals surface area (Å²) in [5.41, 5.74) is 5.32. The van der Waals surface area contributed by atoms with Crippen molar-refractivity contribution in [1.29, 1.82) is 0 Å². The fraction of sp³-hybridized carbons (Fsp3) is 0.667. The Morgan fingerprint density at radius 2 is 2.40 bits per heavy atom. The van der Waals surface area contributed by atoms with Gasteiger partial charge in [0.1, 0.15) is 12.9 Å². The van der Waals surface area contributed by atoms with E-state index in [4.69, 9.17) is 5.73 Å². The van der Waals surface area contributed by atoms with Gasteiger partial charge < -0.3 is 15.3 Å². The lowest BCUT2D eigenvalue weighted by molar-refractivity contribution is -0.141. The first-order valence-corrected chi connectivity index (χ1v) is 2.99. The van der Waals surface area contributed by atoms with E-state index in [9.17, 15) is 9.59 Å². The Kier molecular flexibility index (Phi) is 4.49. The number of nitrogens with two attached hydrogens (primary N) is 1. The van der Waals surface area contributed by atoms with Gasteiger partial charge in [-0.15, -0.1) is 0 Å². The molecule has 0 rings (SSSR count). The van der Waals surface area contributed by atoms with Gasteiger partial charge in [0.25, 0.3) is 0 Å². The van der Waals surface area contributed by atoms with Gasteiger partial charge in [-0.2, -0.15) is 0 Å². The van der Waals surface area contributed by atoms with Crippen molar-refractivity contribution in [3.8, 4) is 0 Å². The van der Waals surface area contributed by atoms with Crippen LogP contribution in [0.1, 0.15) is 13.3 Å². The van der Waals surface area contributed by atoms with Crippen molar-refractivity contribution in [3.05, 3.63) is 0 Å². The normalized spacial score (nSPS) is 12.2. The van der Waals surface area contributed by atoms with E-state index in [-0.39, 0.29) is 25.0 Å². The van der Waals surface area contributed by atoms with Gasteiger partial charge in [-0.3, -0.25) is 4.79 Å². The topological polar surface area (TPSA) is 69.4 Å². The van der Waals surface area contributed by atoms with Crippen molar-refractivity contribution in [2.45, 2.75) is 19.4 Å². The average Bonchev–Trinajstić information content (AvgIpc) is 1.85. The maximum atomic E-state index is 10.2. The lowest BCUT2D eigenvalue weighted by Gasteiger charge is -2.06. The van der Waals surface area contributed by atoms with Gasteiger partial charge in [0.15, 0.2) is 0 Å². The number of hydrogen-bond acceptors (Lipinski definition) is 4. The highest BCUT2D eigenvalue weighted by molar-refractivity contribution is 5.66. The maximum Gasteiger partial charge on any atom is 0.302 e. The molecule has 4 heteroatoms. The van der Waals surface area contributed by atoms with E-state index in [1.807, 2.05) is 0 Å². The molecule has 58 valence electrons. The molecule has 0 aromatic carbocycles. The molecule has 0 aliphatic rings. The van der Waals surface area contributed by atoms with Crippen molar-refractivity contribution in [2.75, 3.05) is 6.61 Å². The number of hydrogen-bond donors (Lipinski definition) is 1. The highest BCUT2D eigenvalue weighted by atomic mass is 16.5. The number of aldehydes is 1. The molecule has 0 radical (unpaired) electrons. The summed E-state index contributed by atoms with van der Waals surface area (Å²) in [6, 6.07) is -0.360. The molecule has 0 saturated carbocycles. The molecule has 0 aliphatic carbocycles. The summed E-state index contributed by atoms with van der Waals surface area (Å²) in [4.78, 5) is 20.0. The van der Waals surface area contributed by atoms with Crippen LogP contribution >= 0.6 is 0 Å². The van der Waals surface area contributed by atoms with Crippen LogP contribution < -0.4 is 5.73 Å². The van der Waals surface area contributed by atoms with E-state index in [0.29, 0.717) is 6.29 Å². The Labute approximate surface area is 59.3 Å². The zero-order valence-electron chi connectivity index (χ0n) is 5.87. The van der Waals surface area contributed by atoms with Gasteiger partial charge in [0, 0.05) is 19.4 Å². The van der Waals surface area contributed by atoms with Crippen LogP contribution in [0.2, 0.25) is 0 Å². The molecule has 1 atom stereocenters. The molecule has 2 N–H and O–H groups in total. The van der Waals surface area contributed by atoms with Gasteiger partial charge in [-0.25, -0.2) is 0 Å². The van der Waals surface area contributed by atoms with Crippen molar-refractivity contribution in [2.24, 2.45) is 5.73 Å². The van der Waals surface area contributed by atoms with Gasteiger partial charge in [0.05, 0.1) is 0 Å². The third kappa shape index (κ3) is 5.24. The van der Waals surface area contributed by atoms with Gasteiger partial charge in [0.2, 0.25) is 0 Å². The van der Waals surface area contributed by atoms with E-state index in [2.05, 4.69) is 4.74 Å². The molecule has 0 spiro atoms. The summed E-state index contributed by atoms with van der Waals surface area (Å²) in [6.07, 6.45) is 0.932. The van der Waals surface area contributed by atoms with Gasteiger partial charge >= 0.3 is 5.97 Å². The molecule has 0 fully saturated rings. The predicted molar refractivity (Wildman–Crippen MR) is 35.3 cm³/mol. The minimum atomic E-state index is -0.374. The standard InChI is InChI=1S/C6H11NO3/c1-5(9)10-4-6(7)2-3-8/h3,6H,2,4,7H2,1H3. The summed E-state index contributed by atoms with van der Waals surface area (Å²) in [7, 11) is 0. The zero-order valence-corrected chi connectivity index (χ0v) is 5.87. The lowest BCUT2D eigenvalue weighted by Crippen LogP contribution is -2.27. The lowest BCUT2D eigenvalue weighted by atomic mass is 10.2. The Bertz CT molecular complexity index is 124. The molecule has 0 aromatic heterocycles. The third-order valence-electron chi connectivity index (χ3n) is 0.900. The van der Waals surface area contributed by atoms with E-state index in [0.717, 1.165) is 0 Å². The third-order valence-corrected chi connectivity index (χ3v) is 0.900. The molecule has 0 bridgehead atoms. The molecule has 1 unspecified atom stereocenters. The van der Waals surface area contributed by atoms with E-state index in [1.165, 1.54) is 6.92 Å². The van der Waals surface area contributed by atoms with Crippen LogP contribution in [0.25, 0.3) is 0 Å². The minimum Gasteiger partial charge on any atom is -0.464 e. The number of esters is 1. The zero-order chi connectivity index (χ0) is 7.98. The van der Waals surface area contributed by atoms with Crippen molar-refractivity contribution >= 4 is 12.3 Å². The summed E-state index contributed by atoms with van der Waals surface area (Å²) in [6.45, 7) is 1.42. The second kappa shape index (κ2) is 4.93. The Morgan fingerprint density at radius 3 is 2.80 bits per heavy atom. The number of carbonyl (C=O) groups excluding carboxylic acids is 2. The van der Waals surface area contributed by atoms with E-state index in [1.54, 1.807) is 0 Å². The second-order valence-electron chi connectivity index (χ2n) is 1.97. The Balaban J connectivity index is 3.29. The first kappa shape index (κ1) is 9.10. The summed E-state index contributed by atoms with van der Waals surface area (Å²) >= 11 is 0. The SMILES string of the molecule is CC(=O)OCC(N)CC=O. The van der Waals surface area contributed by atoms with Gasteiger partial charge in [-0.05, 0) is 0 Å². The summed E-state index contributed by atoms with van der Waals surface area (Å²) < 4.78 is 4.53. The predicted octanol–water partition coefficient (Wildman–Crippen LogP) is -0.534. The van der Waals surface area contributed by atoms with Crippen LogP contribution in [0.3, 0.4) is 0 Å². The highest BCUT2D eigenvalue weighted by Crippen LogP contribution is 1.85. The first-order chi connectivity index (χ1) is 4.66. The molecule has 10 heavy (non-hydrogen) atoms. The molecule has 4 nitrogen and oxygen atoms in total. The summed E-state index contributed by atoms with van der Waals surface area (Å²) in [5, 5.41) is 0.